The van der Waals surface area contributed by atoms with E-state index in [0.717, 1.165) is 5.56 Å². The minimum Gasteiger partial charge on any atom is -0.480 e. The maximum atomic E-state index is 11.0. The molecule has 4 heteroatoms. The first-order chi connectivity index (χ1) is 7.04. The molecule has 1 aromatic carbocycles. The standard InChI is InChI=1S/C11H16N2O2/c1-8(9-6-4-3-5-7-9)10(11(14)15)13(2)12/h3-8,10H,12H2,1-2H3,(H,14,15). The largest absolute Gasteiger partial charge is 0.480 e. The van der Waals surface area contributed by atoms with Crippen molar-refractivity contribution < 1.29 is 9.90 Å². The van der Waals surface area contributed by atoms with Crippen LogP contribution in [0.1, 0.15) is 18.4 Å². The molecule has 15 heavy (non-hydrogen) atoms. The molecule has 2 unspecified atom stereocenters. The molecule has 0 spiro atoms. The van der Waals surface area contributed by atoms with Crippen LogP contribution in [0, 0.1) is 0 Å². The monoisotopic (exact) mass is 208 g/mol. The number of rotatable bonds is 4. The number of carboxylic acids is 1. The highest BCUT2D eigenvalue weighted by atomic mass is 16.4. The first kappa shape index (κ1) is 11.7. The minimum atomic E-state index is -0.906. The highest BCUT2D eigenvalue weighted by Crippen LogP contribution is 2.21. The Morgan fingerprint density at radius 2 is 1.93 bits per heavy atom. The highest BCUT2D eigenvalue weighted by molar-refractivity contribution is 5.74. The average molecular weight is 208 g/mol. The van der Waals surface area contributed by atoms with E-state index in [4.69, 9.17) is 10.9 Å². The molecule has 0 aliphatic heterocycles. The second kappa shape index (κ2) is 4.91. The van der Waals surface area contributed by atoms with Crippen molar-refractivity contribution in [2.75, 3.05) is 7.05 Å². The van der Waals surface area contributed by atoms with Crippen molar-refractivity contribution >= 4 is 5.97 Å². The fourth-order valence-corrected chi connectivity index (χ4v) is 1.68. The summed E-state index contributed by atoms with van der Waals surface area (Å²) < 4.78 is 0. The summed E-state index contributed by atoms with van der Waals surface area (Å²) in [6.45, 7) is 1.86. The number of carbonyl (C=O) groups is 1. The van der Waals surface area contributed by atoms with E-state index in [1.165, 1.54) is 5.01 Å². The Labute approximate surface area is 89.3 Å². The number of hydrazine groups is 1. The van der Waals surface area contributed by atoms with Gasteiger partial charge in [0.05, 0.1) is 0 Å². The van der Waals surface area contributed by atoms with Crippen molar-refractivity contribution in [1.82, 2.24) is 5.01 Å². The molecule has 3 N–H and O–H groups in total. The SMILES string of the molecule is CC(c1ccccc1)C(C(=O)O)N(C)N. The average Bonchev–Trinajstić information content (AvgIpc) is 2.18. The lowest BCUT2D eigenvalue weighted by molar-refractivity contribution is -0.143. The predicted octanol–water partition coefficient (Wildman–Crippen LogP) is 1.05. The molecule has 0 saturated carbocycles. The molecule has 1 aromatic rings. The number of hydrogen-bond donors (Lipinski definition) is 2. The maximum Gasteiger partial charge on any atom is 0.322 e. The second-order valence-electron chi connectivity index (χ2n) is 3.65. The summed E-state index contributed by atoms with van der Waals surface area (Å²) in [5, 5.41) is 10.3. The van der Waals surface area contributed by atoms with Crippen molar-refractivity contribution in [3.8, 4) is 0 Å². The van der Waals surface area contributed by atoms with Crippen LogP contribution in [-0.2, 0) is 4.79 Å². The van der Waals surface area contributed by atoms with E-state index in [1.54, 1.807) is 7.05 Å². The Morgan fingerprint density at radius 1 is 1.40 bits per heavy atom. The molecule has 0 saturated heterocycles. The maximum absolute atomic E-state index is 11.0. The van der Waals surface area contributed by atoms with Gasteiger partial charge in [0.1, 0.15) is 6.04 Å². The van der Waals surface area contributed by atoms with E-state index in [2.05, 4.69) is 0 Å². The number of nitrogens with zero attached hydrogens (tertiary/aromatic N) is 1. The first-order valence-corrected chi connectivity index (χ1v) is 4.79. The van der Waals surface area contributed by atoms with Gasteiger partial charge in [-0.15, -0.1) is 0 Å². The van der Waals surface area contributed by atoms with Gasteiger partial charge in [0.2, 0.25) is 0 Å². The van der Waals surface area contributed by atoms with Crippen LogP contribution in [0.4, 0.5) is 0 Å². The van der Waals surface area contributed by atoms with Gasteiger partial charge in [-0.2, -0.15) is 0 Å². The van der Waals surface area contributed by atoms with Gasteiger partial charge in [-0.05, 0) is 5.56 Å². The summed E-state index contributed by atoms with van der Waals surface area (Å²) in [4.78, 5) is 11.0. The van der Waals surface area contributed by atoms with Crippen LogP contribution in [0.3, 0.4) is 0 Å². The molecule has 0 bridgehead atoms. The number of nitrogens with two attached hydrogens (primary N) is 1. The van der Waals surface area contributed by atoms with Crippen molar-refractivity contribution in [1.29, 1.82) is 0 Å². The zero-order valence-corrected chi connectivity index (χ0v) is 8.92. The van der Waals surface area contributed by atoms with E-state index in [9.17, 15) is 4.79 Å². The lowest BCUT2D eigenvalue weighted by Crippen LogP contribution is -2.46. The summed E-state index contributed by atoms with van der Waals surface area (Å²) in [5.74, 6) is 4.48. The molecule has 0 aliphatic carbocycles. The Balaban J connectivity index is 2.91. The van der Waals surface area contributed by atoms with Crippen molar-refractivity contribution in [2.24, 2.45) is 5.84 Å². The third kappa shape index (κ3) is 2.78. The van der Waals surface area contributed by atoms with Crippen molar-refractivity contribution in [3.05, 3.63) is 35.9 Å². The number of hydrogen-bond acceptors (Lipinski definition) is 3. The van der Waals surface area contributed by atoms with Crippen LogP contribution >= 0.6 is 0 Å². The van der Waals surface area contributed by atoms with E-state index in [0.29, 0.717) is 0 Å². The summed E-state index contributed by atoms with van der Waals surface area (Å²) in [6, 6.07) is 8.79. The smallest absolute Gasteiger partial charge is 0.322 e. The van der Waals surface area contributed by atoms with Gasteiger partial charge in [0, 0.05) is 13.0 Å². The lowest BCUT2D eigenvalue weighted by atomic mass is 9.93. The van der Waals surface area contributed by atoms with Gasteiger partial charge >= 0.3 is 5.97 Å². The summed E-state index contributed by atoms with van der Waals surface area (Å²) in [5.41, 5.74) is 0.974. The number of carboxylic acid groups (broad SMARTS) is 1. The van der Waals surface area contributed by atoms with Crippen molar-refractivity contribution in [3.63, 3.8) is 0 Å². The molecule has 82 valence electrons. The zero-order valence-electron chi connectivity index (χ0n) is 8.92. The van der Waals surface area contributed by atoms with E-state index >= 15 is 0 Å². The molecule has 0 heterocycles. The second-order valence-corrected chi connectivity index (χ2v) is 3.65. The molecule has 0 amide bonds. The van der Waals surface area contributed by atoms with Crippen LogP contribution in [0.5, 0.6) is 0 Å². The van der Waals surface area contributed by atoms with Gasteiger partial charge < -0.3 is 5.11 Å². The van der Waals surface area contributed by atoms with Gasteiger partial charge in [-0.3, -0.25) is 10.6 Å². The Kier molecular flexibility index (Phi) is 3.82. The Bertz CT molecular complexity index is 325. The molecule has 1 rings (SSSR count). The molecule has 4 nitrogen and oxygen atoms in total. The first-order valence-electron chi connectivity index (χ1n) is 4.79. The summed E-state index contributed by atoms with van der Waals surface area (Å²) in [7, 11) is 1.57. The van der Waals surface area contributed by atoms with Gasteiger partial charge in [0.25, 0.3) is 0 Å². The predicted molar refractivity (Wildman–Crippen MR) is 58.2 cm³/mol. The fraction of sp³-hybridized carbons (Fsp3) is 0.364. The molecule has 0 aromatic heterocycles. The third-order valence-electron chi connectivity index (χ3n) is 2.49. The zero-order chi connectivity index (χ0) is 11.4. The van der Waals surface area contributed by atoms with Crippen LogP contribution in [0.2, 0.25) is 0 Å². The van der Waals surface area contributed by atoms with Gasteiger partial charge in [-0.25, -0.2) is 5.01 Å². The molecule has 2 atom stereocenters. The summed E-state index contributed by atoms with van der Waals surface area (Å²) >= 11 is 0. The summed E-state index contributed by atoms with van der Waals surface area (Å²) in [6.07, 6.45) is 0. The van der Waals surface area contributed by atoms with E-state index < -0.39 is 12.0 Å². The van der Waals surface area contributed by atoms with E-state index in [-0.39, 0.29) is 5.92 Å². The molecule has 0 radical (unpaired) electrons. The van der Waals surface area contributed by atoms with Crippen LogP contribution in [-0.4, -0.2) is 29.2 Å². The van der Waals surface area contributed by atoms with E-state index in [1.807, 2.05) is 37.3 Å². The van der Waals surface area contributed by atoms with Gasteiger partial charge in [0.15, 0.2) is 0 Å². The number of benzene rings is 1. The fourth-order valence-electron chi connectivity index (χ4n) is 1.68. The normalized spacial score (nSPS) is 14.9. The van der Waals surface area contributed by atoms with Crippen LogP contribution < -0.4 is 5.84 Å². The molecule has 0 fully saturated rings. The van der Waals surface area contributed by atoms with Crippen LogP contribution in [0.25, 0.3) is 0 Å². The third-order valence-corrected chi connectivity index (χ3v) is 2.49. The highest BCUT2D eigenvalue weighted by Gasteiger charge is 2.28. The van der Waals surface area contributed by atoms with Gasteiger partial charge in [-0.1, -0.05) is 37.3 Å². The molecular weight excluding hydrogens is 192 g/mol. The Morgan fingerprint density at radius 3 is 2.33 bits per heavy atom. The molecular formula is C11H16N2O2. The Hall–Kier alpha value is -1.39. The van der Waals surface area contributed by atoms with Crippen LogP contribution in [0.15, 0.2) is 30.3 Å². The topological polar surface area (TPSA) is 66.6 Å². The quantitative estimate of drug-likeness (QED) is 0.573. The lowest BCUT2D eigenvalue weighted by Gasteiger charge is -2.25. The number of likely N-dealkylation sites (N-methyl/N-ethyl adjacent to an activating group) is 1. The number of aliphatic carboxylic acids is 1. The minimum absolute atomic E-state index is 0.140. The van der Waals surface area contributed by atoms with Crippen molar-refractivity contribution in [2.45, 2.75) is 18.9 Å². The molecule has 0 aliphatic rings.